The number of nitrogens with zero attached hydrogens (tertiary/aromatic N) is 4. The Morgan fingerprint density at radius 2 is 1.89 bits per heavy atom. The van der Waals surface area contributed by atoms with E-state index < -0.39 is 0 Å². The van der Waals surface area contributed by atoms with E-state index in [2.05, 4.69) is 20.9 Å². The summed E-state index contributed by atoms with van der Waals surface area (Å²) in [4.78, 5) is 23.6. The second-order valence-electron chi connectivity index (χ2n) is 7.98. The number of amides is 1. The second kappa shape index (κ2) is 10.9. The lowest BCUT2D eigenvalue weighted by atomic mass is 9.92. The molecule has 0 unspecified atom stereocenters. The Hall–Kier alpha value is -1.54. The van der Waals surface area contributed by atoms with E-state index in [9.17, 15) is 15.0 Å². The molecule has 2 aliphatic heterocycles. The number of piperidine rings is 2. The third kappa shape index (κ3) is 5.73. The molecule has 2 N–H and O–H groups in total. The van der Waals surface area contributed by atoms with Crippen LogP contribution in [0.15, 0.2) is 24.5 Å². The van der Waals surface area contributed by atoms with Crippen LogP contribution in [0.3, 0.4) is 0 Å². The summed E-state index contributed by atoms with van der Waals surface area (Å²) in [6, 6.07) is 4.67. The minimum Gasteiger partial charge on any atom is -0.395 e. The molecule has 28 heavy (non-hydrogen) atoms. The van der Waals surface area contributed by atoms with Crippen LogP contribution in [0.5, 0.6) is 0 Å². The molecule has 0 aromatic carbocycles. The van der Waals surface area contributed by atoms with Gasteiger partial charge in [0, 0.05) is 44.6 Å². The van der Waals surface area contributed by atoms with Crippen LogP contribution in [0.2, 0.25) is 0 Å². The number of carbonyl (C=O) groups is 1. The summed E-state index contributed by atoms with van der Waals surface area (Å²) in [5.74, 6) is 0.0714. The van der Waals surface area contributed by atoms with E-state index in [1.165, 1.54) is 5.56 Å². The number of aliphatic hydroxyl groups excluding tert-OH is 2. The molecule has 1 aromatic heterocycles. The standard InChI is InChI=1S/C21H34N4O3/c26-13-11-24(12-14-27)21(28)19-4-2-8-25(17-19)20-5-9-23(10-6-20)16-18-3-1-7-22-15-18/h1,3,7,15,19-20,26-27H,2,4-6,8-14,16-17H2/t19-/m0/s1. The number of hydrogen-bond donors (Lipinski definition) is 2. The molecule has 0 radical (unpaired) electrons. The first-order valence-electron chi connectivity index (χ1n) is 10.6. The molecule has 0 aliphatic carbocycles. The first kappa shape index (κ1) is 21.2. The largest absolute Gasteiger partial charge is 0.395 e. The minimum absolute atomic E-state index is 0.0136. The normalized spacial score (nSPS) is 22.3. The van der Waals surface area contributed by atoms with E-state index in [4.69, 9.17) is 0 Å². The van der Waals surface area contributed by atoms with Crippen molar-refractivity contribution in [2.45, 2.75) is 38.3 Å². The van der Waals surface area contributed by atoms with Gasteiger partial charge in [-0.05, 0) is 56.9 Å². The Kier molecular flexibility index (Phi) is 8.21. The second-order valence-corrected chi connectivity index (χ2v) is 7.98. The molecular formula is C21H34N4O3. The van der Waals surface area contributed by atoms with E-state index in [0.29, 0.717) is 19.1 Å². The van der Waals surface area contributed by atoms with Crippen molar-refractivity contribution < 1.29 is 15.0 Å². The van der Waals surface area contributed by atoms with E-state index >= 15 is 0 Å². The third-order valence-electron chi connectivity index (χ3n) is 6.06. The van der Waals surface area contributed by atoms with Gasteiger partial charge in [0.05, 0.1) is 19.1 Å². The zero-order valence-electron chi connectivity index (χ0n) is 16.7. The smallest absolute Gasteiger partial charge is 0.227 e. The van der Waals surface area contributed by atoms with Crippen LogP contribution >= 0.6 is 0 Å². The van der Waals surface area contributed by atoms with Crippen molar-refractivity contribution in [3.8, 4) is 0 Å². The van der Waals surface area contributed by atoms with E-state index in [0.717, 1.165) is 58.4 Å². The van der Waals surface area contributed by atoms with Gasteiger partial charge in [-0.2, -0.15) is 0 Å². The Morgan fingerprint density at radius 1 is 1.14 bits per heavy atom. The van der Waals surface area contributed by atoms with E-state index in [1.807, 2.05) is 18.5 Å². The first-order valence-corrected chi connectivity index (χ1v) is 10.6. The molecule has 2 fully saturated rings. The fourth-order valence-electron chi connectivity index (χ4n) is 4.56. The van der Waals surface area contributed by atoms with Crippen LogP contribution in [0.1, 0.15) is 31.2 Å². The van der Waals surface area contributed by atoms with Gasteiger partial charge in [0.1, 0.15) is 0 Å². The summed E-state index contributed by atoms with van der Waals surface area (Å²) in [6.07, 6.45) is 7.97. The Bertz CT molecular complexity index is 587. The quantitative estimate of drug-likeness (QED) is 0.676. The highest BCUT2D eigenvalue weighted by Gasteiger charge is 2.33. The molecule has 7 nitrogen and oxygen atoms in total. The van der Waals surface area contributed by atoms with Crippen molar-refractivity contribution in [2.75, 3.05) is 52.5 Å². The van der Waals surface area contributed by atoms with Crippen molar-refractivity contribution in [2.24, 2.45) is 5.92 Å². The van der Waals surface area contributed by atoms with Crippen LogP contribution in [0.25, 0.3) is 0 Å². The minimum atomic E-state index is -0.0580. The van der Waals surface area contributed by atoms with Gasteiger partial charge in [-0.25, -0.2) is 0 Å². The van der Waals surface area contributed by atoms with Crippen LogP contribution in [0.4, 0.5) is 0 Å². The van der Waals surface area contributed by atoms with Gasteiger partial charge in [-0.1, -0.05) is 6.07 Å². The molecule has 3 rings (SSSR count). The fraction of sp³-hybridized carbons (Fsp3) is 0.714. The zero-order valence-corrected chi connectivity index (χ0v) is 16.7. The summed E-state index contributed by atoms with van der Waals surface area (Å²) < 4.78 is 0. The summed E-state index contributed by atoms with van der Waals surface area (Å²) >= 11 is 0. The topological polar surface area (TPSA) is 80.1 Å². The molecule has 0 saturated carbocycles. The van der Waals surface area contributed by atoms with Gasteiger partial charge in [-0.3, -0.25) is 19.6 Å². The molecule has 156 valence electrons. The highest BCUT2D eigenvalue weighted by Crippen LogP contribution is 2.25. The van der Waals surface area contributed by atoms with E-state index in [1.54, 1.807) is 4.90 Å². The van der Waals surface area contributed by atoms with Crippen LogP contribution in [0, 0.1) is 5.92 Å². The molecule has 1 aromatic rings. The number of rotatable bonds is 8. The predicted molar refractivity (Wildman–Crippen MR) is 108 cm³/mol. The molecule has 2 saturated heterocycles. The average Bonchev–Trinajstić information content (AvgIpc) is 2.74. The Labute approximate surface area is 168 Å². The lowest BCUT2D eigenvalue weighted by Gasteiger charge is -2.42. The molecule has 0 bridgehead atoms. The molecular weight excluding hydrogens is 356 g/mol. The van der Waals surface area contributed by atoms with Crippen molar-refractivity contribution in [3.05, 3.63) is 30.1 Å². The van der Waals surface area contributed by atoms with Crippen LogP contribution in [-0.4, -0.2) is 94.3 Å². The number of pyridine rings is 1. The Morgan fingerprint density at radius 3 is 2.54 bits per heavy atom. The maximum absolute atomic E-state index is 12.8. The van der Waals surface area contributed by atoms with Gasteiger partial charge in [0.25, 0.3) is 0 Å². The van der Waals surface area contributed by atoms with E-state index in [-0.39, 0.29) is 25.0 Å². The monoisotopic (exact) mass is 390 g/mol. The number of likely N-dealkylation sites (tertiary alicyclic amines) is 2. The molecule has 2 aliphatic rings. The zero-order chi connectivity index (χ0) is 19.8. The lowest BCUT2D eigenvalue weighted by Crippen LogP contribution is -2.51. The first-order chi connectivity index (χ1) is 13.7. The highest BCUT2D eigenvalue weighted by atomic mass is 16.3. The average molecular weight is 391 g/mol. The van der Waals surface area contributed by atoms with Crippen LogP contribution < -0.4 is 0 Å². The third-order valence-corrected chi connectivity index (χ3v) is 6.06. The maximum atomic E-state index is 12.8. The summed E-state index contributed by atoms with van der Waals surface area (Å²) in [7, 11) is 0. The molecule has 1 atom stereocenters. The summed E-state index contributed by atoms with van der Waals surface area (Å²) in [5, 5.41) is 18.4. The summed E-state index contributed by atoms with van der Waals surface area (Å²) in [5.41, 5.74) is 1.26. The lowest BCUT2D eigenvalue weighted by molar-refractivity contribution is -0.139. The molecule has 3 heterocycles. The van der Waals surface area contributed by atoms with Crippen molar-refractivity contribution in [1.82, 2.24) is 19.7 Å². The molecule has 0 spiro atoms. The van der Waals surface area contributed by atoms with Crippen LogP contribution in [-0.2, 0) is 11.3 Å². The number of aromatic nitrogens is 1. The fourth-order valence-corrected chi connectivity index (χ4v) is 4.56. The maximum Gasteiger partial charge on any atom is 0.227 e. The van der Waals surface area contributed by atoms with Crippen molar-refractivity contribution in [3.63, 3.8) is 0 Å². The molecule has 1 amide bonds. The van der Waals surface area contributed by atoms with Gasteiger partial charge in [0.15, 0.2) is 0 Å². The van der Waals surface area contributed by atoms with Crippen molar-refractivity contribution in [1.29, 1.82) is 0 Å². The molecule has 7 heteroatoms. The number of carbonyl (C=O) groups excluding carboxylic acids is 1. The van der Waals surface area contributed by atoms with Gasteiger partial charge >= 0.3 is 0 Å². The SMILES string of the molecule is O=C([C@H]1CCCN(C2CCN(Cc3cccnc3)CC2)C1)N(CCO)CCO. The summed E-state index contributed by atoms with van der Waals surface area (Å²) in [6.45, 7) is 5.49. The van der Waals surface area contributed by atoms with Gasteiger partial charge < -0.3 is 15.1 Å². The van der Waals surface area contributed by atoms with Crippen molar-refractivity contribution >= 4 is 5.91 Å². The van der Waals surface area contributed by atoms with Gasteiger partial charge in [-0.15, -0.1) is 0 Å². The predicted octanol–water partition coefficient (Wildman–Crippen LogP) is 0.571. The number of aliphatic hydroxyl groups is 2. The number of hydrogen-bond acceptors (Lipinski definition) is 6. The highest BCUT2D eigenvalue weighted by molar-refractivity contribution is 5.79. The van der Waals surface area contributed by atoms with Gasteiger partial charge in [0.2, 0.25) is 5.91 Å². The Balaban J connectivity index is 1.49.